The lowest BCUT2D eigenvalue weighted by Crippen LogP contribution is -2.31. The Labute approximate surface area is 169 Å². The summed E-state index contributed by atoms with van der Waals surface area (Å²) in [5.74, 6) is 2.40. The summed E-state index contributed by atoms with van der Waals surface area (Å²) in [5.41, 5.74) is 5.24. The Morgan fingerprint density at radius 3 is 2.22 bits per heavy atom. The van der Waals surface area contributed by atoms with Crippen molar-refractivity contribution in [3.8, 4) is 17.9 Å². The summed E-state index contributed by atoms with van der Waals surface area (Å²) in [6.07, 6.45) is 0.942. The third kappa shape index (κ3) is 2.48. The molecule has 1 aliphatic carbocycles. The zero-order chi connectivity index (χ0) is 19.7. The molecule has 1 fully saturated rings. The minimum atomic E-state index is -1.06. The maximum atomic E-state index is 10.3. The Morgan fingerprint density at radius 2 is 1.74 bits per heavy atom. The molecule has 3 unspecified atom stereocenters. The number of rotatable bonds is 8. The Balaban J connectivity index is 2.06. The van der Waals surface area contributed by atoms with Crippen LogP contribution in [0.5, 0.6) is 5.75 Å². The van der Waals surface area contributed by atoms with Crippen molar-refractivity contribution in [1.29, 1.82) is 10.5 Å². The van der Waals surface area contributed by atoms with Gasteiger partial charge in [-0.15, -0.1) is 23.5 Å². The first-order chi connectivity index (χ1) is 13.0. The van der Waals surface area contributed by atoms with Crippen molar-refractivity contribution >= 4 is 29.4 Å². The van der Waals surface area contributed by atoms with Gasteiger partial charge in [0.05, 0.1) is 18.7 Å². The molecule has 1 aromatic carbocycles. The Bertz CT molecular complexity index is 820. The van der Waals surface area contributed by atoms with Gasteiger partial charge in [-0.1, -0.05) is 32.9 Å². The van der Waals surface area contributed by atoms with Crippen LogP contribution in [-0.4, -0.2) is 28.2 Å². The average molecular weight is 401 g/mol. The van der Waals surface area contributed by atoms with Gasteiger partial charge < -0.3 is 10.5 Å². The Kier molecular flexibility index (Phi) is 5.38. The van der Waals surface area contributed by atoms with Gasteiger partial charge in [-0.2, -0.15) is 10.5 Å². The van der Waals surface area contributed by atoms with Crippen LogP contribution < -0.4 is 10.5 Å². The number of ether oxygens (including phenoxy) is 1. The highest BCUT2D eigenvalue weighted by Gasteiger charge is 2.91. The number of nitriles is 2. The molecular formula is C20H24N4OS2. The zero-order valence-electron chi connectivity index (χ0n) is 15.9. The molecule has 0 amide bonds. The quantitative estimate of drug-likeness (QED) is 0.659. The van der Waals surface area contributed by atoms with Crippen LogP contribution in [0.3, 0.4) is 0 Å². The fourth-order valence-corrected chi connectivity index (χ4v) is 7.48. The van der Waals surface area contributed by atoms with Gasteiger partial charge in [0, 0.05) is 5.92 Å². The lowest BCUT2D eigenvalue weighted by atomic mass is 9.97. The van der Waals surface area contributed by atoms with Crippen molar-refractivity contribution in [2.75, 3.05) is 18.1 Å². The Morgan fingerprint density at radius 1 is 1.11 bits per heavy atom. The molecule has 0 aromatic heterocycles. The average Bonchev–Trinajstić information content (AvgIpc) is 3.26. The summed E-state index contributed by atoms with van der Waals surface area (Å²) in [6, 6.07) is 12.6. The first-order valence-corrected chi connectivity index (χ1v) is 11.2. The summed E-state index contributed by atoms with van der Waals surface area (Å²) < 4.78 is 4.92. The topological polar surface area (TPSA) is 95.2 Å². The number of aliphatic imine (C=N–C) groups is 1. The fourth-order valence-electron chi connectivity index (χ4n) is 4.23. The van der Waals surface area contributed by atoms with Gasteiger partial charge in [0.1, 0.15) is 22.4 Å². The number of hydrogen-bond acceptors (Lipinski definition) is 7. The van der Waals surface area contributed by atoms with Gasteiger partial charge in [0.25, 0.3) is 0 Å². The second-order valence-electron chi connectivity index (χ2n) is 6.64. The summed E-state index contributed by atoms with van der Waals surface area (Å²) in [5, 5.41) is 20.4. The summed E-state index contributed by atoms with van der Waals surface area (Å²) in [4.78, 5) is 4.70. The SMILES string of the molecule is CCCOc1ccc(C2C3(C#N)C(N)=NC(SCC)(SCC)C23C#N)cc1. The minimum Gasteiger partial charge on any atom is -0.494 e. The molecule has 1 heterocycles. The lowest BCUT2D eigenvalue weighted by Gasteiger charge is -2.31. The van der Waals surface area contributed by atoms with E-state index in [0.717, 1.165) is 29.2 Å². The van der Waals surface area contributed by atoms with Crippen LogP contribution in [0.1, 0.15) is 38.7 Å². The van der Waals surface area contributed by atoms with Crippen molar-refractivity contribution in [3.63, 3.8) is 0 Å². The maximum Gasteiger partial charge on any atom is 0.175 e. The van der Waals surface area contributed by atoms with Crippen molar-refractivity contribution in [3.05, 3.63) is 29.8 Å². The number of thioether (sulfide) groups is 2. The van der Waals surface area contributed by atoms with Gasteiger partial charge in [-0.05, 0) is 35.6 Å². The molecule has 3 atom stereocenters. The predicted octanol–water partition coefficient (Wildman–Crippen LogP) is 4.12. The molecule has 3 rings (SSSR count). The number of amidine groups is 1. The van der Waals surface area contributed by atoms with Gasteiger partial charge in [0.2, 0.25) is 0 Å². The number of hydrogen-bond donors (Lipinski definition) is 1. The summed E-state index contributed by atoms with van der Waals surface area (Å²) >= 11 is 3.22. The molecule has 5 nitrogen and oxygen atoms in total. The molecule has 2 N–H and O–H groups in total. The van der Waals surface area contributed by atoms with Crippen LogP contribution in [0, 0.1) is 33.5 Å². The van der Waals surface area contributed by atoms with Crippen LogP contribution in [0.4, 0.5) is 0 Å². The van der Waals surface area contributed by atoms with Crippen molar-refractivity contribution in [1.82, 2.24) is 0 Å². The fraction of sp³-hybridized carbons (Fsp3) is 0.550. The van der Waals surface area contributed by atoms with Gasteiger partial charge >= 0.3 is 0 Å². The minimum absolute atomic E-state index is 0.282. The molecule has 0 radical (unpaired) electrons. The Hall–Kier alpha value is -1.83. The highest BCUT2D eigenvalue weighted by Crippen LogP contribution is 2.85. The van der Waals surface area contributed by atoms with E-state index in [1.165, 1.54) is 0 Å². The van der Waals surface area contributed by atoms with Crippen molar-refractivity contribution in [2.24, 2.45) is 21.6 Å². The molecule has 0 saturated heterocycles. The monoisotopic (exact) mass is 400 g/mol. The third-order valence-electron chi connectivity index (χ3n) is 5.29. The summed E-state index contributed by atoms with van der Waals surface area (Å²) in [6.45, 7) is 6.81. The van der Waals surface area contributed by atoms with Crippen LogP contribution >= 0.6 is 23.5 Å². The molecule has 0 bridgehead atoms. The first-order valence-electron chi connectivity index (χ1n) is 9.22. The molecule has 1 aliphatic heterocycles. The number of benzene rings is 1. The standard InChI is InChI=1S/C20H24N4OS2/c1-4-11-25-15-9-7-14(8-10-15)16-18(12-21)17(23)24-20(26-5-2,27-6-3)19(16,18)13-22/h7-10,16H,4-6,11H2,1-3H3,(H2,23,24). The van der Waals surface area contributed by atoms with Crippen LogP contribution in [0.25, 0.3) is 0 Å². The normalized spacial score (nSPS) is 30.0. The van der Waals surface area contributed by atoms with E-state index in [0.29, 0.717) is 12.4 Å². The van der Waals surface area contributed by atoms with E-state index < -0.39 is 15.0 Å². The molecule has 1 saturated carbocycles. The largest absolute Gasteiger partial charge is 0.494 e. The maximum absolute atomic E-state index is 10.3. The highest BCUT2D eigenvalue weighted by atomic mass is 32.2. The van der Waals surface area contributed by atoms with E-state index in [-0.39, 0.29) is 5.92 Å². The second kappa shape index (κ2) is 7.30. The molecule has 2 aliphatic rings. The molecular weight excluding hydrogens is 376 g/mol. The molecule has 27 heavy (non-hydrogen) atoms. The van der Waals surface area contributed by atoms with E-state index >= 15 is 0 Å². The number of nitrogens with zero attached hydrogens (tertiary/aromatic N) is 3. The zero-order valence-corrected chi connectivity index (χ0v) is 17.5. The molecule has 7 heteroatoms. The van der Waals surface area contributed by atoms with Crippen LogP contribution in [-0.2, 0) is 0 Å². The summed E-state index contributed by atoms with van der Waals surface area (Å²) in [7, 11) is 0. The van der Waals surface area contributed by atoms with Crippen molar-refractivity contribution in [2.45, 2.75) is 37.3 Å². The van der Waals surface area contributed by atoms with E-state index in [9.17, 15) is 10.5 Å². The number of nitrogens with two attached hydrogens (primary N) is 1. The van der Waals surface area contributed by atoms with Crippen molar-refractivity contribution < 1.29 is 4.74 Å². The third-order valence-corrected chi connectivity index (χ3v) is 8.19. The second-order valence-corrected chi connectivity index (χ2v) is 9.81. The van der Waals surface area contributed by atoms with Gasteiger partial charge in [-0.25, -0.2) is 4.99 Å². The van der Waals surface area contributed by atoms with E-state index in [1.807, 2.05) is 38.1 Å². The van der Waals surface area contributed by atoms with E-state index in [4.69, 9.17) is 15.5 Å². The molecule has 0 spiro atoms. The lowest BCUT2D eigenvalue weighted by molar-refractivity contribution is 0.317. The predicted molar refractivity (Wildman–Crippen MR) is 112 cm³/mol. The van der Waals surface area contributed by atoms with Crippen LogP contribution in [0.15, 0.2) is 29.3 Å². The van der Waals surface area contributed by atoms with Crippen LogP contribution in [0.2, 0.25) is 0 Å². The van der Waals surface area contributed by atoms with E-state index in [2.05, 4.69) is 19.1 Å². The number of fused-ring (bicyclic) bond motifs is 1. The van der Waals surface area contributed by atoms with Gasteiger partial charge in [-0.3, -0.25) is 0 Å². The highest BCUT2D eigenvalue weighted by molar-refractivity contribution is 8.18. The van der Waals surface area contributed by atoms with Gasteiger partial charge in [0.15, 0.2) is 4.20 Å². The molecule has 142 valence electrons. The van der Waals surface area contributed by atoms with E-state index in [1.54, 1.807) is 23.5 Å². The molecule has 1 aromatic rings. The first kappa shape index (κ1) is 19.9. The smallest absolute Gasteiger partial charge is 0.175 e.